The fourth-order valence-electron chi connectivity index (χ4n) is 4.69. The van der Waals surface area contributed by atoms with Gasteiger partial charge in [-0.3, -0.25) is 4.79 Å². The summed E-state index contributed by atoms with van der Waals surface area (Å²) in [6.45, 7) is 5.48. The predicted molar refractivity (Wildman–Crippen MR) is 166 cm³/mol. The van der Waals surface area contributed by atoms with E-state index in [1.807, 2.05) is 48.5 Å². The molecule has 0 saturated heterocycles. The number of imidazole rings is 1. The minimum absolute atomic E-state index is 0.0452. The van der Waals surface area contributed by atoms with Crippen molar-refractivity contribution in [1.29, 1.82) is 0 Å². The Kier molecular flexibility index (Phi) is 10.8. The number of para-hydroxylation sites is 3. The van der Waals surface area contributed by atoms with Gasteiger partial charge in [0.25, 0.3) is 0 Å². The van der Waals surface area contributed by atoms with Crippen LogP contribution in [0.15, 0.2) is 60.7 Å². The first-order chi connectivity index (χ1) is 19.9. The largest absolute Gasteiger partial charge is 0.493 e. The van der Waals surface area contributed by atoms with Crippen LogP contribution in [0, 0.1) is 5.92 Å². The Labute approximate surface area is 251 Å². The molecule has 3 aromatic carbocycles. The highest BCUT2D eigenvalue weighted by Gasteiger charge is 2.25. The molecule has 0 atom stereocenters. The van der Waals surface area contributed by atoms with E-state index >= 15 is 0 Å². The Hall–Kier alpha value is -3.42. The first-order valence-electron chi connectivity index (χ1n) is 13.8. The van der Waals surface area contributed by atoms with E-state index in [0.29, 0.717) is 53.6 Å². The molecular weight excluding hydrogens is 561 g/mol. The van der Waals surface area contributed by atoms with Crippen LogP contribution in [-0.4, -0.2) is 42.2 Å². The van der Waals surface area contributed by atoms with Crippen molar-refractivity contribution in [2.75, 3.05) is 31.6 Å². The van der Waals surface area contributed by atoms with Gasteiger partial charge < -0.3 is 23.7 Å². The second-order valence-corrected chi connectivity index (χ2v) is 10.9. The van der Waals surface area contributed by atoms with Crippen molar-refractivity contribution in [3.8, 4) is 17.2 Å². The Balaban J connectivity index is 1.78. The van der Waals surface area contributed by atoms with Crippen molar-refractivity contribution in [3.63, 3.8) is 0 Å². The van der Waals surface area contributed by atoms with Gasteiger partial charge in [-0.15, -0.1) is 11.6 Å². The molecule has 0 fully saturated rings. The summed E-state index contributed by atoms with van der Waals surface area (Å²) >= 11 is 12.7. The first kappa shape index (κ1) is 30.5. The molecule has 0 bridgehead atoms. The zero-order valence-electron chi connectivity index (χ0n) is 24.0. The normalized spacial score (nSPS) is 11.2. The van der Waals surface area contributed by atoms with E-state index < -0.39 is 0 Å². The summed E-state index contributed by atoms with van der Waals surface area (Å²) in [6, 6.07) is 19.5. The molecule has 0 radical (unpaired) electrons. The summed E-state index contributed by atoms with van der Waals surface area (Å²) in [6.07, 6.45) is 1.89. The second-order valence-electron chi connectivity index (χ2n) is 10.1. The summed E-state index contributed by atoms with van der Waals surface area (Å²) in [4.78, 5) is 20.4. The molecule has 0 aliphatic heterocycles. The zero-order valence-corrected chi connectivity index (χ0v) is 25.5. The van der Waals surface area contributed by atoms with E-state index in [1.54, 1.807) is 24.1 Å². The smallest absolute Gasteiger partial charge is 0.227 e. The average molecular weight is 599 g/mol. The Bertz CT molecular complexity index is 1470. The van der Waals surface area contributed by atoms with Gasteiger partial charge in [0, 0.05) is 17.9 Å². The minimum atomic E-state index is -0.0452. The minimum Gasteiger partial charge on any atom is -0.493 e. The third-order valence-corrected chi connectivity index (χ3v) is 7.49. The predicted octanol–water partition coefficient (Wildman–Crippen LogP) is 7.73. The lowest BCUT2D eigenvalue weighted by molar-refractivity contribution is -0.119. The number of carbonyl (C=O) groups is 1. The van der Waals surface area contributed by atoms with Crippen LogP contribution in [0.4, 0.5) is 5.69 Å². The monoisotopic (exact) mass is 597 g/mol. The van der Waals surface area contributed by atoms with Crippen molar-refractivity contribution in [2.45, 2.75) is 46.2 Å². The fourth-order valence-corrected chi connectivity index (χ4v) is 5.13. The second kappa shape index (κ2) is 14.5. The topological polar surface area (TPSA) is 65.8 Å². The maximum Gasteiger partial charge on any atom is 0.227 e. The molecule has 1 aromatic heterocycles. The van der Waals surface area contributed by atoms with Gasteiger partial charge in [0.05, 0.1) is 50.6 Å². The van der Waals surface area contributed by atoms with Crippen LogP contribution >= 0.6 is 23.2 Å². The van der Waals surface area contributed by atoms with Crippen LogP contribution in [0.3, 0.4) is 0 Å². The lowest BCUT2D eigenvalue weighted by Gasteiger charge is -2.26. The number of carbonyl (C=O) groups excluding carboxylic acids is 1. The van der Waals surface area contributed by atoms with Crippen LogP contribution in [-0.2, 0) is 17.9 Å². The molecule has 4 aromatic rings. The number of rotatable bonds is 14. The van der Waals surface area contributed by atoms with E-state index in [4.69, 9.17) is 42.4 Å². The maximum absolute atomic E-state index is 13.8. The van der Waals surface area contributed by atoms with E-state index in [9.17, 15) is 4.79 Å². The molecule has 218 valence electrons. The van der Waals surface area contributed by atoms with Crippen molar-refractivity contribution in [1.82, 2.24) is 9.55 Å². The maximum atomic E-state index is 13.8. The van der Waals surface area contributed by atoms with E-state index in [0.717, 1.165) is 41.0 Å². The van der Waals surface area contributed by atoms with E-state index in [-0.39, 0.29) is 12.5 Å². The molecule has 1 heterocycles. The lowest BCUT2D eigenvalue weighted by atomic mass is 10.1. The fraction of sp³-hybridized carbons (Fsp3) is 0.375. The van der Waals surface area contributed by atoms with Crippen LogP contribution in [0.5, 0.6) is 17.2 Å². The Morgan fingerprint density at radius 3 is 2.49 bits per heavy atom. The Morgan fingerprint density at radius 2 is 1.76 bits per heavy atom. The number of amides is 1. The number of nitrogens with zero attached hydrogens (tertiary/aromatic N) is 3. The van der Waals surface area contributed by atoms with Crippen molar-refractivity contribution >= 4 is 45.8 Å². The van der Waals surface area contributed by atoms with Gasteiger partial charge in [0.1, 0.15) is 16.6 Å². The molecule has 41 heavy (non-hydrogen) atoms. The molecule has 0 aliphatic rings. The van der Waals surface area contributed by atoms with E-state index in [1.165, 1.54) is 7.11 Å². The molecule has 4 rings (SSSR count). The van der Waals surface area contributed by atoms with Gasteiger partial charge in [-0.2, -0.15) is 0 Å². The van der Waals surface area contributed by atoms with Crippen LogP contribution in [0.25, 0.3) is 11.0 Å². The SMILES string of the molecule is COc1ccc(N(Cc2nc3ccccc3n2Cc2ccccc2OCCCCl)C(=O)CCC(C)C)c(Cl)c1OC. The number of aromatic nitrogens is 2. The van der Waals surface area contributed by atoms with Gasteiger partial charge >= 0.3 is 0 Å². The van der Waals surface area contributed by atoms with Gasteiger partial charge in [-0.25, -0.2) is 4.98 Å². The highest BCUT2D eigenvalue weighted by atomic mass is 35.5. The van der Waals surface area contributed by atoms with Crippen molar-refractivity contribution in [3.05, 3.63) is 77.1 Å². The van der Waals surface area contributed by atoms with Gasteiger partial charge in [-0.05, 0) is 49.1 Å². The van der Waals surface area contributed by atoms with Gasteiger partial charge in [0.15, 0.2) is 11.5 Å². The number of benzene rings is 3. The van der Waals surface area contributed by atoms with Crippen LogP contribution < -0.4 is 19.1 Å². The standard InChI is InChI=1S/C32H37Cl2N3O4/c1-22(2)14-17-30(38)37(26-15-16-28(39-3)32(40-4)31(26)34)21-29-35-24-11-6-7-12-25(24)36(29)20-23-10-5-8-13-27(23)41-19-9-18-33/h5-8,10-13,15-16,22H,9,14,17-21H2,1-4H3. The molecule has 7 nitrogen and oxygen atoms in total. The number of hydrogen-bond donors (Lipinski definition) is 0. The summed E-state index contributed by atoms with van der Waals surface area (Å²) in [5.41, 5.74) is 3.36. The number of halogens is 2. The molecule has 1 amide bonds. The molecule has 0 N–H and O–H groups in total. The summed E-state index contributed by atoms with van der Waals surface area (Å²) < 4.78 is 19.2. The average Bonchev–Trinajstić information content (AvgIpc) is 3.32. The summed E-state index contributed by atoms with van der Waals surface area (Å²) in [5, 5.41) is 0.311. The van der Waals surface area contributed by atoms with Gasteiger partial charge in [0.2, 0.25) is 5.91 Å². The quantitative estimate of drug-likeness (QED) is 0.110. The molecular formula is C32H37Cl2N3O4. The summed E-state index contributed by atoms with van der Waals surface area (Å²) in [5.74, 6) is 3.27. The molecule has 0 spiro atoms. The third-order valence-electron chi connectivity index (χ3n) is 6.86. The van der Waals surface area contributed by atoms with Crippen LogP contribution in [0.2, 0.25) is 5.02 Å². The molecule has 0 unspecified atom stereocenters. The number of alkyl halides is 1. The number of fused-ring (bicyclic) bond motifs is 1. The Morgan fingerprint density at radius 1 is 1.00 bits per heavy atom. The lowest BCUT2D eigenvalue weighted by Crippen LogP contribution is -2.32. The number of anilines is 1. The van der Waals surface area contributed by atoms with Crippen LogP contribution in [0.1, 0.15) is 44.5 Å². The highest BCUT2D eigenvalue weighted by Crippen LogP contribution is 2.42. The highest BCUT2D eigenvalue weighted by molar-refractivity contribution is 6.35. The number of methoxy groups -OCH3 is 2. The van der Waals surface area contributed by atoms with Gasteiger partial charge in [-0.1, -0.05) is 55.8 Å². The first-order valence-corrected chi connectivity index (χ1v) is 14.7. The third kappa shape index (κ3) is 7.27. The zero-order chi connectivity index (χ0) is 29.4. The van der Waals surface area contributed by atoms with Crippen molar-refractivity contribution < 1.29 is 19.0 Å². The molecule has 9 heteroatoms. The number of ether oxygens (including phenoxy) is 3. The van der Waals surface area contributed by atoms with E-state index in [2.05, 4.69) is 18.4 Å². The van der Waals surface area contributed by atoms with Crippen molar-refractivity contribution in [2.24, 2.45) is 5.92 Å². The number of hydrogen-bond acceptors (Lipinski definition) is 5. The summed E-state index contributed by atoms with van der Waals surface area (Å²) in [7, 11) is 3.09. The molecule has 0 aliphatic carbocycles. The molecule has 0 saturated carbocycles.